The Morgan fingerprint density at radius 3 is 2.93 bits per heavy atom. The zero-order chi connectivity index (χ0) is 9.97. The summed E-state index contributed by atoms with van der Waals surface area (Å²) in [5.74, 6) is -0.876. The molecule has 0 bridgehead atoms. The Balaban J connectivity index is 2.49. The van der Waals surface area contributed by atoms with Crippen molar-refractivity contribution in [3.8, 4) is 0 Å². The van der Waals surface area contributed by atoms with Crippen LogP contribution >= 0.6 is 0 Å². The molecule has 2 heteroatoms. The van der Waals surface area contributed by atoms with E-state index in [0.717, 1.165) is 12.0 Å². The minimum Gasteiger partial charge on any atom is -0.478 e. The van der Waals surface area contributed by atoms with Gasteiger partial charge in [-0.15, -0.1) is 0 Å². The van der Waals surface area contributed by atoms with Crippen molar-refractivity contribution >= 4 is 12.0 Å². The van der Waals surface area contributed by atoms with E-state index in [1.165, 1.54) is 5.56 Å². The van der Waals surface area contributed by atoms with Crippen LogP contribution in [0.1, 0.15) is 21.5 Å². The first-order valence-corrected chi connectivity index (χ1v) is 4.47. The van der Waals surface area contributed by atoms with E-state index in [2.05, 4.69) is 6.08 Å². The van der Waals surface area contributed by atoms with Crippen molar-refractivity contribution in [2.45, 2.75) is 6.42 Å². The summed E-state index contributed by atoms with van der Waals surface area (Å²) in [5, 5.41) is 8.82. The molecule has 0 heterocycles. The predicted octanol–water partition coefficient (Wildman–Crippen LogP) is 2.51. The number of allylic oxidation sites excluding steroid dienone is 3. The van der Waals surface area contributed by atoms with Crippen LogP contribution in [0, 0.1) is 0 Å². The SMILES string of the molecule is O=C(O)c1ccc2c(c1)C=CC=CC2. The molecule has 1 aromatic carbocycles. The summed E-state index contributed by atoms with van der Waals surface area (Å²) < 4.78 is 0. The van der Waals surface area contributed by atoms with Gasteiger partial charge in [-0.1, -0.05) is 30.4 Å². The van der Waals surface area contributed by atoms with E-state index in [1.54, 1.807) is 12.1 Å². The van der Waals surface area contributed by atoms with Crippen LogP contribution < -0.4 is 0 Å². The summed E-state index contributed by atoms with van der Waals surface area (Å²) in [7, 11) is 0. The summed E-state index contributed by atoms with van der Waals surface area (Å²) >= 11 is 0. The Morgan fingerprint density at radius 2 is 2.14 bits per heavy atom. The second-order valence-electron chi connectivity index (χ2n) is 3.21. The summed E-state index contributed by atoms with van der Waals surface area (Å²) in [4.78, 5) is 10.7. The summed E-state index contributed by atoms with van der Waals surface area (Å²) in [6.07, 6.45) is 8.76. The molecule has 2 rings (SSSR count). The van der Waals surface area contributed by atoms with Gasteiger partial charge in [0.25, 0.3) is 0 Å². The molecule has 2 nitrogen and oxygen atoms in total. The first-order valence-electron chi connectivity index (χ1n) is 4.47. The second kappa shape index (κ2) is 3.50. The fourth-order valence-electron chi connectivity index (χ4n) is 1.50. The van der Waals surface area contributed by atoms with Crippen molar-refractivity contribution in [1.82, 2.24) is 0 Å². The molecule has 1 aromatic rings. The van der Waals surface area contributed by atoms with Crippen LogP contribution in [0.4, 0.5) is 0 Å². The van der Waals surface area contributed by atoms with Crippen molar-refractivity contribution < 1.29 is 9.90 Å². The second-order valence-corrected chi connectivity index (χ2v) is 3.21. The molecular weight excluding hydrogens is 176 g/mol. The van der Waals surface area contributed by atoms with Crippen LogP contribution in [-0.4, -0.2) is 11.1 Å². The Morgan fingerprint density at radius 1 is 1.29 bits per heavy atom. The lowest BCUT2D eigenvalue weighted by Crippen LogP contribution is -1.98. The van der Waals surface area contributed by atoms with Gasteiger partial charge in [-0.25, -0.2) is 4.79 Å². The molecule has 1 N–H and O–H groups in total. The number of hydrogen-bond donors (Lipinski definition) is 1. The molecule has 1 aliphatic rings. The third-order valence-electron chi connectivity index (χ3n) is 2.25. The smallest absolute Gasteiger partial charge is 0.335 e. The Kier molecular flexibility index (Phi) is 2.19. The van der Waals surface area contributed by atoms with E-state index in [4.69, 9.17) is 5.11 Å². The molecule has 0 spiro atoms. The Bertz CT molecular complexity index is 428. The molecule has 0 unspecified atom stereocenters. The number of fused-ring (bicyclic) bond motifs is 1. The van der Waals surface area contributed by atoms with E-state index in [9.17, 15) is 4.79 Å². The third kappa shape index (κ3) is 1.59. The van der Waals surface area contributed by atoms with Crippen molar-refractivity contribution in [1.29, 1.82) is 0 Å². The molecule has 1 aliphatic carbocycles. The van der Waals surface area contributed by atoms with Crippen molar-refractivity contribution in [2.75, 3.05) is 0 Å². The molecule has 0 saturated carbocycles. The van der Waals surface area contributed by atoms with Crippen molar-refractivity contribution in [2.24, 2.45) is 0 Å². The maximum absolute atomic E-state index is 10.7. The highest BCUT2D eigenvalue weighted by molar-refractivity contribution is 5.88. The van der Waals surface area contributed by atoms with Crippen LogP contribution in [0.25, 0.3) is 6.08 Å². The van der Waals surface area contributed by atoms with Crippen LogP contribution in [0.15, 0.2) is 36.4 Å². The first-order chi connectivity index (χ1) is 6.77. The number of rotatable bonds is 1. The van der Waals surface area contributed by atoms with Gasteiger partial charge in [0, 0.05) is 0 Å². The molecular formula is C12H10O2. The molecule has 0 fully saturated rings. The van der Waals surface area contributed by atoms with E-state index in [-0.39, 0.29) is 0 Å². The third-order valence-corrected chi connectivity index (χ3v) is 2.25. The van der Waals surface area contributed by atoms with Gasteiger partial charge in [0.1, 0.15) is 0 Å². The van der Waals surface area contributed by atoms with Crippen LogP contribution in [0.5, 0.6) is 0 Å². The van der Waals surface area contributed by atoms with Gasteiger partial charge in [0.2, 0.25) is 0 Å². The van der Waals surface area contributed by atoms with Crippen LogP contribution in [0.2, 0.25) is 0 Å². The van der Waals surface area contributed by atoms with Gasteiger partial charge in [0.05, 0.1) is 5.56 Å². The van der Waals surface area contributed by atoms with Crippen molar-refractivity contribution in [3.63, 3.8) is 0 Å². The zero-order valence-corrected chi connectivity index (χ0v) is 7.60. The normalized spacial score (nSPS) is 13.4. The maximum Gasteiger partial charge on any atom is 0.335 e. The fourth-order valence-corrected chi connectivity index (χ4v) is 1.50. The number of benzene rings is 1. The van der Waals surface area contributed by atoms with Crippen molar-refractivity contribution in [3.05, 3.63) is 53.1 Å². The highest BCUT2D eigenvalue weighted by Gasteiger charge is 2.06. The molecule has 0 aliphatic heterocycles. The fraction of sp³-hybridized carbons (Fsp3) is 0.0833. The van der Waals surface area contributed by atoms with Gasteiger partial charge >= 0.3 is 5.97 Å². The Hall–Kier alpha value is -1.83. The molecule has 0 radical (unpaired) electrons. The molecule has 0 aromatic heterocycles. The number of carboxylic acids is 1. The predicted molar refractivity (Wildman–Crippen MR) is 55.3 cm³/mol. The lowest BCUT2D eigenvalue weighted by Gasteiger charge is -2.03. The van der Waals surface area contributed by atoms with Crippen LogP contribution in [0.3, 0.4) is 0 Å². The largest absolute Gasteiger partial charge is 0.478 e. The topological polar surface area (TPSA) is 37.3 Å². The van der Waals surface area contributed by atoms with Gasteiger partial charge in [-0.3, -0.25) is 0 Å². The summed E-state index contributed by atoms with van der Waals surface area (Å²) in [5.41, 5.74) is 2.50. The monoisotopic (exact) mass is 186 g/mol. The maximum atomic E-state index is 10.7. The zero-order valence-electron chi connectivity index (χ0n) is 7.60. The van der Waals surface area contributed by atoms with E-state index in [0.29, 0.717) is 5.56 Å². The van der Waals surface area contributed by atoms with Gasteiger partial charge in [0.15, 0.2) is 0 Å². The molecule has 14 heavy (non-hydrogen) atoms. The van der Waals surface area contributed by atoms with E-state index in [1.807, 2.05) is 24.3 Å². The van der Waals surface area contributed by atoms with Gasteiger partial charge < -0.3 is 5.11 Å². The van der Waals surface area contributed by atoms with Gasteiger partial charge in [-0.2, -0.15) is 0 Å². The Labute approximate surface area is 82.2 Å². The van der Waals surface area contributed by atoms with Crippen LogP contribution in [-0.2, 0) is 6.42 Å². The standard InChI is InChI=1S/C12H10O2/c13-12(14)11-7-6-9-4-2-1-3-5-10(9)8-11/h1-3,5-8H,4H2,(H,13,14). The molecule has 70 valence electrons. The molecule has 0 atom stereocenters. The average molecular weight is 186 g/mol. The number of carboxylic acid groups (broad SMARTS) is 1. The number of carbonyl (C=O) groups is 1. The van der Waals surface area contributed by atoms with Gasteiger partial charge in [-0.05, 0) is 29.7 Å². The minimum absolute atomic E-state index is 0.343. The van der Waals surface area contributed by atoms with E-state index >= 15 is 0 Å². The minimum atomic E-state index is -0.876. The lowest BCUT2D eigenvalue weighted by atomic mass is 10.0. The van der Waals surface area contributed by atoms with E-state index < -0.39 is 5.97 Å². The number of hydrogen-bond acceptors (Lipinski definition) is 1. The summed E-state index contributed by atoms with van der Waals surface area (Å²) in [6.45, 7) is 0. The molecule has 0 saturated heterocycles. The quantitative estimate of drug-likeness (QED) is 0.731. The summed E-state index contributed by atoms with van der Waals surface area (Å²) in [6, 6.07) is 5.23. The first kappa shape index (κ1) is 8.75. The highest BCUT2D eigenvalue weighted by Crippen LogP contribution is 2.17. The highest BCUT2D eigenvalue weighted by atomic mass is 16.4. The molecule has 0 amide bonds. The average Bonchev–Trinajstić information content (AvgIpc) is 2.41. The lowest BCUT2D eigenvalue weighted by molar-refractivity contribution is 0.0697. The number of aromatic carboxylic acids is 1.